The molecule has 0 spiro atoms. The minimum atomic E-state index is -0.372. The summed E-state index contributed by atoms with van der Waals surface area (Å²) in [6.45, 7) is 0.837. The second-order valence-electron chi connectivity index (χ2n) is 7.46. The number of nitrogens with two attached hydrogens (primary N) is 1. The van der Waals surface area contributed by atoms with Gasteiger partial charge in [0.2, 0.25) is 18.5 Å². The lowest BCUT2D eigenvalue weighted by atomic mass is 10.0. The lowest BCUT2D eigenvalue weighted by molar-refractivity contribution is -0.696. The number of furan rings is 1. The van der Waals surface area contributed by atoms with Gasteiger partial charge in [-0.05, 0) is 36.4 Å². The summed E-state index contributed by atoms with van der Waals surface area (Å²) in [4.78, 5) is 13.4. The van der Waals surface area contributed by atoms with Crippen molar-refractivity contribution in [3.05, 3.63) is 89.7 Å². The molecule has 6 nitrogen and oxygen atoms in total. The molecule has 2 N–H and O–H groups in total. The maximum absolute atomic E-state index is 13.4. The van der Waals surface area contributed by atoms with Crippen LogP contribution in [0, 0.1) is 0 Å². The zero-order chi connectivity index (χ0) is 20.1. The van der Waals surface area contributed by atoms with Crippen molar-refractivity contribution < 1.29 is 41.0 Å². The summed E-state index contributed by atoms with van der Waals surface area (Å²) in [5.41, 5.74) is 3.60. The second-order valence-corrected chi connectivity index (χ2v) is 7.46. The Morgan fingerprint density at radius 1 is 0.968 bits per heavy atom. The van der Waals surface area contributed by atoms with Gasteiger partial charge in [-0.3, -0.25) is 9.36 Å². The molecular formula is C24H19BrN2O4. The lowest BCUT2D eigenvalue weighted by Gasteiger charge is -2.13. The van der Waals surface area contributed by atoms with Crippen molar-refractivity contribution in [2.24, 2.45) is 0 Å². The molecule has 4 aromatic rings. The molecule has 7 heteroatoms. The summed E-state index contributed by atoms with van der Waals surface area (Å²) in [5.74, 6) is 2.92. The standard InChI is InChI=1S/C24H18N2O4.BrH/c27-23(16-8-9-19-21(11-16)29-14-28-19)22-18-7-4-10-26(18)24-17(13-25-22)12-20(30-24)15-5-2-1-3-6-15;/h1-12,22,25H,13-14H2;1H. The highest BCUT2D eigenvalue weighted by Gasteiger charge is 2.34. The number of nitrogens with zero attached hydrogens (tertiary/aromatic N) is 1. The Kier molecular flexibility index (Phi) is 4.92. The summed E-state index contributed by atoms with van der Waals surface area (Å²) in [6, 6.07) is 21.0. The van der Waals surface area contributed by atoms with Gasteiger partial charge in [0, 0.05) is 17.3 Å². The molecule has 156 valence electrons. The van der Waals surface area contributed by atoms with Gasteiger partial charge in [0.1, 0.15) is 12.3 Å². The number of Topliss-reactive ketones (excluding diaryl/α,β-unsaturated/α-hetero) is 1. The first-order valence-electron chi connectivity index (χ1n) is 9.91. The maximum Gasteiger partial charge on any atom is 0.231 e. The minimum absolute atomic E-state index is 0. The Labute approximate surface area is 189 Å². The average molecular weight is 479 g/mol. The van der Waals surface area contributed by atoms with Crippen molar-refractivity contribution in [3.63, 3.8) is 0 Å². The third-order valence-corrected chi connectivity index (χ3v) is 5.68. The van der Waals surface area contributed by atoms with Gasteiger partial charge in [-0.2, -0.15) is 0 Å². The summed E-state index contributed by atoms with van der Waals surface area (Å²) in [5, 5.41) is 2.06. The molecule has 0 saturated carbocycles. The smallest absolute Gasteiger partial charge is 0.231 e. The van der Waals surface area contributed by atoms with E-state index >= 15 is 0 Å². The van der Waals surface area contributed by atoms with Gasteiger partial charge in [-0.1, -0.05) is 30.3 Å². The van der Waals surface area contributed by atoms with Gasteiger partial charge in [0.15, 0.2) is 17.5 Å². The van der Waals surface area contributed by atoms with Crippen molar-refractivity contribution in [2.45, 2.75) is 12.6 Å². The predicted octanol–water partition coefficient (Wildman–Crippen LogP) is 0.471. The highest BCUT2D eigenvalue weighted by atomic mass is 79.9. The van der Waals surface area contributed by atoms with E-state index in [1.165, 1.54) is 0 Å². The SMILES string of the molecule is O=C(c1ccc2c(c1)OCO2)C1[NH2+]Cc2cc(-c3ccccc3)oc2-n2cccc21.[Br-]. The lowest BCUT2D eigenvalue weighted by Crippen LogP contribution is -3.00. The second kappa shape index (κ2) is 7.76. The van der Waals surface area contributed by atoms with E-state index in [-0.39, 0.29) is 35.6 Å². The fourth-order valence-corrected chi connectivity index (χ4v) is 4.18. The van der Waals surface area contributed by atoms with Gasteiger partial charge >= 0.3 is 0 Å². The molecule has 1 atom stereocenters. The van der Waals surface area contributed by atoms with Crippen LogP contribution in [-0.4, -0.2) is 17.1 Å². The quantitative estimate of drug-likeness (QED) is 0.434. The first-order chi connectivity index (χ1) is 14.8. The molecule has 6 rings (SSSR count). The van der Waals surface area contributed by atoms with Crippen LogP contribution in [0.1, 0.15) is 27.7 Å². The number of rotatable bonds is 3. The number of ether oxygens (including phenoxy) is 2. The van der Waals surface area contributed by atoms with Crippen LogP contribution in [0.4, 0.5) is 0 Å². The topological polar surface area (TPSA) is 70.2 Å². The largest absolute Gasteiger partial charge is 1.00 e. The number of quaternary nitrogens is 1. The first kappa shape index (κ1) is 19.7. The van der Waals surface area contributed by atoms with E-state index < -0.39 is 0 Å². The first-order valence-corrected chi connectivity index (χ1v) is 9.91. The van der Waals surface area contributed by atoms with E-state index in [4.69, 9.17) is 13.9 Å². The number of hydrogen-bond donors (Lipinski definition) is 1. The van der Waals surface area contributed by atoms with E-state index in [1.807, 2.05) is 53.2 Å². The third kappa shape index (κ3) is 3.26. The van der Waals surface area contributed by atoms with Crippen LogP contribution < -0.4 is 31.8 Å². The number of aromatic nitrogens is 1. The van der Waals surface area contributed by atoms with Crippen LogP contribution in [0.15, 0.2) is 77.3 Å². The fourth-order valence-electron chi connectivity index (χ4n) is 4.18. The number of carbonyl (C=O) groups is 1. The highest BCUT2D eigenvalue weighted by Crippen LogP contribution is 2.35. The zero-order valence-electron chi connectivity index (χ0n) is 16.5. The van der Waals surface area contributed by atoms with Crippen molar-refractivity contribution in [1.82, 2.24) is 4.57 Å². The fraction of sp³-hybridized carbons (Fsp3) is 0.125. The van der Waals surface area contributed by atoms with Crippen LogP contribution in [0.3, 0.4) is 0 Å². The van der Waals surface area contributed by atoms with Gasteiger partial charge in [0.05, 0.1) is 11.3 Å². The van der Waals surface area contributed by atoms with Crippen LogP contribution in [-0.2, 0) is 6.54 Å². The van der Waals surface area contributed by atoms with Gasteiger partial charge in [-0.15, -0.1) is 0 Å². The molecular weight excluding hydrogens is 460 g/mol. The molecule has 2 aliphatic heterocycles. The average Bonchev–Trinajstić information content (AvgIpc) is 3.52. The number of halogens is 1. The van der Waals surface area contributed by atoms with Gasteiger partial charge < -0.3 is 36.2 Å². The summed E-state index contributed by atoms with van der Waals surface area (Å²) in [7, 11) is 0. The number of ketones is 1. The molecule has 0 radical (unpaired) electrons. The molecule has 0 bridgehead atoms. The number of benzene rings is 2. The number of fused-ring (bicyclic) bond motifs is 4. The van der Waals surface area contributed by atoms with Crippen LogP contribution in [0.25, 0.3) is 17.2 Å². The normalized spacial score (nSPS) is 16.1. The van der Waals surface area contributed by atoms with E-state index in [9.17, 15) is 4.79 Å². The van der Waals surface area contributed by atoms with Crippen LogP contribution >= 0.6 is 0 Å². The van der Waals surface area contributed by atoms with Crippen molar-refractivity contribution >= 4 is 5.78 Å². The van der Waals surface area contributed by atoms with Crippen molar-refractivity contribution in [2.75, 3.05) is 6.79 Å². The molecule has 0 amide bonds. The molecule has 2 aliphatic rings. The highest BCUT2D eigenvalue weighted by molar-refractivity contribution is 6.00. The van der Waals surface area contributed by atoms with Crippen LogP contribution in [0.5, 0.6) is 11.5 Å². The minimum Gasteiger partial charge on any atom is -1.00 e. The summed E-state index contributed by atoms with van der Waals surface area (Å²) < 4.78 is 19.0. The molecule has 0 saturated heterocycles. The Bertz CT molecular complexity index is 1260. The zero-order valence-corrected chi connectivity index (χ0v) is 18.0. The Balaban J connectivity index is 0.00000204. The molecule has 2 aromatic heterocycles. The molecule has 0 aliphatic carbocycles. The van der Waals surface area contributed by atoms with Crippen molar-refractivity contribution in [3.8, 4) is 28.7 Å². The monoisotopic (exact) mass is 478 g/mol. The van der Waals surface area contributed by atoms with Crippen molar-refractivity contribution in [1.29, 1.82) is 0 Å². The maximum atomic E-state index is 13.4. The van der Waals surface area contributed by atoms with Gasteiger partial charge in [-0.25, -0.2) is 0 Å². The third-order valence-electron chi connectivity index (χ3n) is 5.68. The molecule has 2 aromatic carbocycles. The van der Waals surface area contributed by atoms with E-state index in [0.29, 0.717) is 23.6 Å². The molecule has 0 fully saturated rings. The Hall–Kier alpha value is -3.29. The van der Waals surface area contributed by atoms with E-state index in [1.54, 1.807) is 18.2 Å². The van der Waals surface area contributed by atoms with E-state index in [0.717, 1.165) is 28.5 Å². The Morgan fingerprint density at radius 2 is 1.81 bits per heavy atom. The number of carbonyl (C=O) groups excluding carboxylic acids is 1. The molecule has 1 unspecified atom stereocenters. The van der Waals surface area contributed by atoms with E-state index in [2.05, 4.69) is 11.4 Å². The number of hydrogen-bond acceptors (Lipinski definition) is 4. The molecule has 31 heavy (non-hydrogen) atoms. The summed E-state index contributed by atoms with van der Waals surface area (Å²) in [6.07, 6.45) is 1.95. The Morgan fingerprint density at radius 3 is 2.68 bits per heavy atom. The summed E-state index contributed by atoms with van der Waals surface area (Å²) >= 11 is 0. The molecule has 4 heterocycles. The predicted molar refractivity (Wildman–Crippen MR) is 109 cm³/mol. The van der Waals surface area contributed by atoms with Gasteiger partial charge in [0.25, 0.3) is 0 Å². The van der Waals surface area contributed by atoms with Crippen LogP contribution in [0.2, 0.25) is 0 Å².